The van der Waals surface area contributed by atoms with E-state index in [0.29, 0.717) is 28.7 Å². The average Bonchev–Trinajstić information content (AvgIpc) is 2.22. The molecule has 0 amide bonds. The van der Waals surface area contributed by atoms with E-state index in [1.807, 2.05) is 0 Å². The lowest BCUT2D eigenvalue weighted by atomic mass is 10.3. The van der Waals surface area contributed by atoms with Gasteiger partial charge in [-0.25, -0.2) is 8.42 Å². The Labute approximate surface area is 120 Å². The van der Waals surface area contributed by atoms with E-state index in [2.05, 4.69) is 21.2 Å². The van der Waals surface area contributed by atoms with Crippen molar-refractivity contribution in [2.45, 2.75) is 6.42 Å². The Balaban J connectivity index is 2.56. The van der Waals surface area contributed by atoms with Crippen molar-refractivity contribution in [2.24, 2.45) is 0 Å². The predicted molar refractivity (Wildman–Crippen MR) is 77.0 cm³/mol. The van der Waals surface area contributed by atoms with Crippen LogP contribution in [0.3, 0.4) is 0 Å². The Morgan fingerprint density at radius 1 is 1.29 bits per heavy atom. The third kappa shape index (κ3) is 5.04. The minimum absolute atomic E-state index is 0.155. The molecule has 1 aromatic carbocycles. The van der Waals surface area contributed by atoms with Crippen LogP contribution < -0.4 is 5.32 Å². The van der Waals surface area contributed by atoms with Crippen molar-refractivity contribution in [2.75, 3.05) is 23.9 Å². The molecule has 0 aliphatic heterocycles. The van der Waals surface area contributed by atoms with Gasteiger partial charge in [0.05, 0.1) is 21.5 Å². The average molecular weight is 361 g/mol. The molecule has 1 rings (SSSR count). The molecule has 0 bridgehead atoms. The molecule has 0 radical (unpaired) electrons. The zero-order valence-electron chi connectivity index (χ0n) is 9.13. The molecule has 1 aromatic rings. The van der Waals surface area contributed by atoms with E-state index in [1.165, 1.54) is 6.26 Å². The van der Waals surface area contributed by atoms with Gasteiger partial charge < -0.3 is 5.32 Å². The number of benzene rings is 1. The van der Waals surface area contributed by atoms with E-state index in [9.17, 15) is 8.42 Å². The van der Waals surface area contributed by atoms with Gasteiger partial charge in [0.25, 0.3) is 0 Å². The van der Waals surface area contributed by atoms with Crippen LogP contribution in [0.15, 0.2) is 16.6 Å². The number of hydrogen-bond donors (Lipinski definition) is 1. The van der Waals surface area contributed by atoms with Crippen molar-refractivity contribution in [1.82, 2.24) is 0 Å². The summed E-state index contributed by atoms with van der Waals surface area (Å²) >= 11 is 15.2. The molecule has 0 heterocycles. The molecule has 0 saturated carbocycles. The number of halogens is 3. The Bertz CT molecular complexity index is 505. The van der Waals surface area contributed by atoms with E-state index in [1.54, 1.807) is 12.1 Å². The molecule has 7 heteroatoms. The topological polar surface area (TPSA) is 46.2 Å². The van der Waals surface area contributed by atoms with Gasteiger partial charge in [-0.2, -0.15) is 0 Å². The number of rotatable bonds is 5. The normalized spacial score (nSPS) is 11.5. The number of nitrogens with one attached hydrogen (secondary N) is 1. The Morgan fingerprint density at radius 2 is 1.94 bits per heavy atom. The first-order chi connectivity index (χ1) is 7.81. The number of anilines is 1. The molecule has 0 aliphatic rings. The third-order valence-electron chi connectivity index (χ3n) is 2.04. The van der Waals surface area contributed by atoms with Crippen LogP contribution in [0.1, 0.15) is 6.42 Å². The SMILES string of the molecule is CS(=O)(=O)CCCNc1ccc(Br)c(Cl)c1Cl. The number of hydrogen-bond acceptors (Lipinski definition) is 3. The van der Waals surface area contributed by atoms with Gasteiger partial charge in [-0.3, -0.25) is 0 Å². The summed E-state index contributed by atoms with van der Waals surface area (Å²) in [7, 11) is -2.91. The lowest BCUT2D eigenvalue weighted by Gasteiger charge is -2.09. The fourth-order valence-corrected chi connectivity index (χ4v) is 2.73. The largest absolute Gasteiger partial charge is 0.384 e. The second-order valence-corrected chi connectivity index (χ2v) is 7.50. The van der Waals surface area contributed by atoms with Crippen LogP contribution in [-0.2, 0) is 9.84 Å². The minimum atomic E-state index is -2.91. The monoisotopic (exact) mass is 359 g/mol. The first-order valence-electron chi connectivity index (χ1n) is 4.86. The molecular weight excluding hydrogens is 349 g/mol. The van der Waals surface area contributed by atoms with Crippen LogP contribution >= 0.6 is 39.1 Å². The summed E-state index contributed by atoms with van der Waals surface area (Å²) in [6.45, 7) is 0.532. The molecule has 17 heavy (non-hydrogen) atoms. The quantitative estimate of drug-likeness (QED) is 0.644. The maximum Gasteiger partial charge on any atom is 0.147 e. The summed E-state index contributed by atoms with van der Waals surface area (Å²) < 4.78 is 22.6. The summed E-state index contributed by atoms with van der Waals surface area (Å²) in [6.07, 6.45) is 1.75. The molecule has 0 aromatic heterocycles. The maximum absolute atomic E-state index is 10.9. The number of sulfone groups is 1. The minimum Gasteiger partial charge on any atom is -0.384 e. The van der Waals surface area contributed by atoms with Crippen molar-refractivity contribution < 1.29 is 8.42 Å². The third-order valence-corrected chi connectivity index (χ3v) is 4.84. The Kier molecular flexibility index (Phi) is 5.57. The first-order valence-corrected chi connectivity index (χ1v) is 8.47. The fraction of sp³-hybridized carbons (Fsp3) is 0.400. The molecule has 0 spiro atoms. The van der Waals surface area contributed by atoms with Crippen molar-refractivity contribution in [3.8, 4) is 0 Å². The molecule has 96 valence electrons. The fourth-order valence-electron chi connectivity index (χ4n) is 1.22. The van der Waals surface area contributed by atoms with Crippen molar-refractivity contribution in [3.63, 3.8) is 0 Å². The Morgan fingerprint density at radius 3 is 2.53 bits per heavy atom. The summed E-state index contributed by atoms with van der Waals surface area (Å²) in [5, 5.41) is 3.93. The van der Waals surface area contributed by atoms with Crippen LogP contribution in [0.25, 0.3) is 0 Å². The van der Waals surface area contributed by atoms with Crippen LogP contribution in [0.4, 0.5) is 5.69 Å². The molecule has 0 saturated heterocycles. The van der Waals surface area contributed by atoms with Gasteiger partial charge in [0.1, 0.15) is 9.84 Å². The molecule has 3 nitrogen and oxygen atoms in total. The van der Waals surface area contributed by atoms with Crippen LogP contribution in [0, 0.1) is 0 Å². The highest BCUT2D eigenvalue weighted by Crippen LogP contribution is 2.35. The summed E-state index contributed by atoms with van der Waals surface area (Å²) in [5.41, 5.74) is 0.702. The predicted octanol–water partition coefficient (Wildman–Crippen LogP) is 3.60. The maximum atomic E-state index is 10.9. The summed E-state index contributed by atoms with van der Waals surface area (Å²) in [5.74, 6) is 0.155. The smallest absolute Gasteiger partial charge is 0.147 e. The van der Waals surface area contributed by atoms with Crippen molar-refractivity contribution >= 4 is 54.7 Å². The zero-order valence-corrected chi connectivity index (χ0v) is 13.0. The van der Waals surface area contributed by atoms with Crippen LogP contribution in [0.5, 0.6) is 0 Å². The van der Waals surface area contributed by atoms with Gasteiger partial charge in [0, 0.05) is 17.3 Å². The van der Waals surface area contributed by atoms with Gasteiger partial charge in [-0.15, -0.1) is 0 Å². The molecule has 0 aliphatic carbocycles. The molecule has 0 atom stereocenters. The lowest BCUT2D eigenvalue weighted by Crippen LogP contribution is -2.09. The first kappa shape index (κ1) is 15.1. The zero-order chi connectivity index (χ0) is 13.1. The highest BCUT2D eigenvalue weighted by Gasteiger charge is 2.08. The lowest BCUT2D eigenvalue weighted by molar-refractivity contribution is 0.600. The van der Waals surface area contributed by atoms with E-state index in [4.69, 9.17) is 23.2 Å². The van der Waals surface area contributed by atoms with E-state index in [-0.39, 0.29) is 5.75 Å². The van der Waals surface area contributed by atoms with Gasteiger partial charge >= 0.3 is 0 Å². The van der Waals surface area contributed by atoms with Gasteiger partial charge in [-0.1, -0.05) is 23.2 Å². The van der Waals surface area contributed by atoms with Gasteiger partial charge in [0.15, 0.2) is 0 Å². The van der Waals surface area contributed by atoms with Crippen molar-refractivity contribution in [3.05, 3.63) is 26.7 Å². The van der Waals surface area contributed by atoms with E-state index < -0.39 is 9.84 Å². The molecular formula is C10H12BrCl2NO2S. The summed E-state index contributed by atoms with van der Waals surface area (Å²) in [6, 6.07) is 3.58. The van der Waals surface area contributed by atoms with Crippen molar-refractivity contribution in [1.29, 1.82) is 0 Å². The van der Waals surface area contributed by atoms with E-state index >= 15 is 0 Å². The highest BCUT2D eigenvalue weighted by molar-refractivity contribution is 9.10. The van der Waals surface area contributed by atoms with Crippen LogP contribution in [-0.4, -0.2) is 27.0 Å². The highest BCUT2D eigenvalue weighted by atomic mass is 79.9. The second-order valence-electron chi connectivity index (χ2n) is 3.63. The molecule has 0 fully saturated rings. The van der Waals surface area contributed by atoms with Crippen LogP contribution in [0.2, 0.25) is 10.0 Å². The van der Waals surface area contributed by atoms with Gasteiger partial charge in [0.2, 0.25) is 0 Å². The Hall–Kier alpha value is 0.0300. The van der Waals surface area contributed by atoms with E-state index in [0.717, 1.165) is 4.47 Å². The standard InChI is InChI=1S/C10H12BrCl2NO2S/c1-17(15,16)6-2-5-14-8-4-3-7(11)9(12)10(8)13/h3-4,14H,2,5-6H2,1H3. The second kappa shape index (κ2) is 6.27. The summed E-state index contributed by atoms with van der Waals surface area (Å²) in [4.78, 5) is 0. The molecule has 1 N–H and O–H groups in total. The molecule has 0 unspecified atom stereocenters. The van der Waals surface area contributed by atoms with Gasteiger partial charge in [-0.05, 0) is 34.5 Å².